The van der Waals surface area contributed by atoms with Crippen molar-refractivity contribution in [2.45, 2.75) is 45.7 Å². The third-order valence-corrected chi connectivity index (χ3v) is 6.15. The van der Waals surface area contributed by atoms with Crippen molar-refractivity contribution >= 4 is 29.1 Å². The Balaban J connectivity index is 1.63. The Morgan fingerprint density at radius 3 is 2.55 bits per heavy atom. The molecule has 4 nitrogen and oxygen atoms in total. The van der Waals surface area contributed by atoms with Crippen molar-refractivity contribution in [3.63, 3.8) is 0 Å². The number of nitrogens with one attached hydrogen (secondary N) is 1. The molecule has 1 aliphatic heterocycles. The van der Waals surface area contributed by atoms with Crippen LogP contribution in [0.4, 0.5) is 0 Å². The number of aromatic nitrogens is 1. The minimum atomic E-state index is -0.0328. The Morgan fingerprint density at radius 2 is 1.93 bits per heavy atom. The first-order valence-corrected chi connectivity index (χ1v) is 11.0. The Hall–Kier alpha value is -1.62. The van der Waals surface area contributed by atoms with Gasteiger partial charge in [0.15, 0.2) is 0 Å². The second-order valence-electron chi connectivity index (χ2n) is 8.26. The predicted molar refractivity (Wildman–Crippen MR) is 119 cm³/mol. The summed E-state index contributed by atoms with van der Waals surface area (Å²) in [7, 11) is 0. The van der Waals surface area contributed by atoms with Gasteiger partial charge in [0.1, 0.15) is 0 Å². The monoisotopic (exact) mass is 433 g/mol. The fraction of sp³-hybridized carbons (Fsp3) is 0.478. The number of amides is 1. The van der Waals surface area contributed by atoms with Gasteiger partial charge in [0, 0.05) is 19.2 Å². The molecule has 0 bridgehead atoms. The van der Waals surface area contributed by atoms with E-state index < -0.39 is 0 Å². The summed E-state index contributed by atoms with van der Waals surface area (Å²) < 4.78 is 0. The van der Waals surface area contributed by atoms with Gasteiger partial charge in [-0.05, 0) is 67.6 Å². The van der Waals surface area contributed by atoms with Crippen LogP contribution in [0.15, 0.2) is 42.6 Å². The summed E-state index contributed by atoms with van der Waals surface area (Å²) in [6, 6.07) is 11.7. The van der Waals surface area contributed by atoms with E-state index in [1.807, 2.05) is 36.4 Å². The first-order chi connectivity index (χ1) is 13.9. The number of pyridine rings is 1. The molecule has 1 atom stereocenters. The molecule has 1 fully saturated rings. The molecule has 156 valence electrons. The Labute approximate surface area is 183 Å². The summed E-state index contributed by atoms with van der Waals surface area (Å²) in [5, 5.41) is 4.45. The Morgan fingerprint density at radius 1 is 1.17 bits per heavy atom. The molecular formula is C23H29Cl2N3O. The van der Waals surface area contributed by atoms with Crippen LogP contribution in [-0.2, 0) is 11.3 Å². The van der Waals surface area contributed by atoms with Crippen LogP contribution in [0, 0.1) is 11.8 Å². The second-order valence-corrected chi connectivity index (χ2v) is 9.07. The standard InChI is InChI=1S/C23H29Cl2N3O/c1-16(2)13-22(29)27-23(21-5-3-4-10-26-21)18-8-11-28(12-9-18)15-17-6-7-19(24)20(25)14-17/h3-7,10,14,16,18,23H,8-9,11-13,15H2,1-2H3,(H,27,29). The van der Waals surface area contributed by atoms with Gasteiger partial charge in [-0.3, -0.25) is 14.7 Å². The number of hydrogen-bond donors (Lipinski definition) is 1. The van der Waals surface area contributed by atoms with Gasteiger partial charge in [0.2, 0.25) is 5.91 Å². The number of nitrogens with zero attached hydrogens (tertiary/aromatic N) is 2. The largest absolute Gasteiger partial charge is 0.347 e. The lowest BCUT2D eigenvalue weighted by Gasteiger charge is -2.36. The molecule has 0 aliphatic carbocycles. The van der Waals surface area contributed by atoms with E-state index in [2.05, 4.69) is 29.0 Å². The Kier molecular flexibility index (Phi) is 7.93. The van der Waals surface area contributed by atoms with Crippen LogP contribution in [0.2, 0.25) is 10.0 Å². The number of benzene rings is 1. The average Bonchev–Trinajstić information content (AvgIpc) is 2.70. The zero-order valence-electron chi connectivity index (χ0n) is 17.1. The van der Waals surface area contributed by atoms with Gasteiger partial charge in [-0.25, -0.2) is 0 Å². The summed E-state index contributed by atoms with van der Waals surface area (Å²) in [6.45, 7) is 6.95. The molecule has 3 rings (SSSR count). The molecule has 1 aromatic heterocycles. The number of hydrogen-bond acceptors (Lipinski definition) is 3. The van der Waals surface area contributed by atoms with Crippen molar-refractivity contribution in [2.24, 2.45) is 11.8 Å². The highest BCUT2D eigenvalue weighted by Crippen LogP contribution is 2.31. The molecule has 0 spiro atoms. The van der Waals surface area contributed by atoms with E-state index in [-0.39, 0.29) is 11.9 Å². The topological polar surface area (TPSA) is 45.2 Å². The highest BCUT2D eigenvalue weighted by Gasteiger charge is 2.29. The minimum absolute atomic E-state index is 0.0328. The van der Waals surface area contributed by atoms with Crippen LogP contribution in [0.3, 0.4) is 0 Å². The lowest BCUT2D eigenvalue weighted by Crippen LogP contribution is -2.41. The molecule has 29 heavy (non-hydrogen) atoms. The molecule has 6 heteroatoms. The van der Waals surface area contributed by atoms with Gasteiger partial charge in [-0.1, -0.05) is 49.2 Å². The van der Waals surface area contributed by atoms with Gasteiger partial charge in [-0.2, -0.15) is 0 Å². The summed E-state index contributed by atoms with van der Waals surface area (Å²) in [6.07, 6.45) is 4.38. The number of carbonyl (C=O) groups is 1. The van der Waals surface area contributed by atoms with Gasteiger partial charge < -0.3 is 5.32 Å². The third-order valence-electron chi connectivity index (χ3n) is 5.41. The third kappa shape index (κ3) is 6.43. The zero-order chi connectivity index (χ0) is 20.8. The molecule has 2 aromatic rings. The Bertz CT molecular complexity index is 805. The van der Waals surface area contributed by atoms with Gasteiger partial charge in [0.05, 0.1) is 21.8 Å². The molecule has 2 heterocycles. The average molecular weight is 434 g/mol. The number of carbonyl (C=O) groups excluding carboxylic acids is 1. The molecule has 1 saturated heterocycles. The van der Waals surface area contributed by atoms with E-state index in [1.165, 1.54) is 5.56 Å². The van der Waals surface area contributed by atoms with Crippen molar-refractivity contribution in [1.82, 2.24) is 15.2 Å². The highest BCUT2D eigenvalue weighted by atomic mass is 35.5. The van der Waals surface area contributed by atoms with E-state index >= 15 is 0 Å². The number of halogens is 2. The smallest absolute Gasteiger partial charge is 0.220 e. The minimum Gasteiger partial charge on any atom is -0.347 e. The van der Waals surface area contributed by atoms with Crippen molar-refractivity contribution < 1.29 is 4.79 Å². The predicted octanol–water partition coefficient (Wildman–Crippen LogP) is 5.50. The van der Waals surface area contributed by atoms with Crippen molar-refractivity contribution in [2.75, 3.05) is 13.1 Å². The van der Waals surface area contributed by atoms with Crippen molar-refractivity contribution in [3.8, 4) is 0 Å². The summed E-state index contributed by atoms with van der Waals surface area (Å²) in [4.78, 5) is 19.4. The molecule has 0 radical (unpaired) electrons. The van der Waals surface area contributed by atoms with Crippen molar-refractivity contribution in [1.29, 1.82) is 0 Å². The number of piperidine rings is 1. The number of rotatable bonds is 7. The molecule has 1 unspecified atom stereocenters. The first-order valence-electron chi connectivity index (χ1n) is 10.3. The van der Waals surface area contributed by atoms with Crippen molar-refractivity contribution in [3.05, 3.63) is 63.9 Å². The van der Waals surface area contributed by atoms with E-state index in [4.69, 9.17) is 23.2 Å². The lowest BCUT2D eigenvalue weighted by atomic mass is 9.87. The maximum Gasteiger partial charge on any atom is 0.220 e. The first kappa shape index (κ1) is 22.1. The van der Waals surface area contributed by atoms with Crippen LogP contribution < -0.4 is 5.32 Å². The fourth-order valence-electron chi connectivity index (χ4n) is 3.94. The number of likely N-dealkylation sites (tertiary alicyclic amines) is 1. The van der Waals surface area contributed by atoms with E-state index in [9.17, 15) is 4.79 Å². The quantitative estimate of drug-likeness (QED) is 0.626. The van der Waals surface area contributed by atoms with Gasteiger partial charge in [0.25, 0.3) is 0 Å². The SMILES string of the molecule is CC(C)CC(=O)NC(c1ccccn1)C1CCN(Cc2ccc(Cl)c(Cl)c2)CC1. The van der Waals surface area contributed by atoms with Gasteiger partial charge >= 0.3 is 0 Å². The molecule has 1 aliphatic rings. The normalized spacial score (nSPS) is 16.7. The second kappa shape index (κ2) is 10.4. The molecule has 1 amide bonds. The summed E-state index contributed by atoms with van der Waals surface area (Å²) in [5.41, 5.74) is 2.12. The molecular weight excluding hydrogens is 405 g/mol. The van der Waals surface area contributed by atoms with Crippen LogP contribution in [-0.4, -0.2) is 28.9 Å². The molecule has 0 saturated carbocycles. The van der Waals surface area contributed by atoms with Gasteiger partial charge in [-0.15, -0.1) is 0 Å². The maximum atomic E-state index is 12.5. The zero-order valence-corrected chi connectivity index (χ0v) is 18.6. The highest BCUT2D eigenvalue weighted by molar-refractivity contribution is 6.42. The maximum absolute atomic E-state index is 12.5. The van der Waals surface area contributed by atoms with E-state index in [1.54, 1.807) is 6.20 Å². The van der Waals surface area contributed by atoms with Crippen LogP contribution >= 0.6 is 23.2 Å². The molecule has 1 aromatic carbocycles. The fourth-order valence-corrected chi connectivity index (χ4v) is 4.26. The lowest BCUT2D eigenvalue weighted by molar-refractivity contribution is -0.123. The summed E-state index contributed by atoms with van der Waals surface area (Å²) >= 11 is 12.2. The van der Waals surface area contributed by atoms with E-state index in [0.717, 1.165) is 38.2 Å². The van der Waals surface area contributed by atoms with Crippen LogP contribution in [0.25, 0.3) is 0 Å². The van der Waals surface area contributed by atoms with Crippen LogP contribution in [0.5, 0.6) is 0 Å². The molecule has 1 N–H and O–H groups in total. The van der Waals surface area contributed by atoms with Crippen LogP contribution in [0.1, 0.15) is 50.4 Å². The summed E-state index contributed by atoms with van der Waals surface area (Å²) in [5.74, 6) is 0.826. The van der Waals surface area contributed by atoms with E-state index in [0.29, 0.717) is 28.3 Å².